The van der Waals surface area contributed by atoms with Gasteiger partial charge < -0.3 is 13.7 Å². The maximum atomic E-state index is 12.6. The molecule has 2 aromatic carbocycles. The Morgan fingerprint density at radius 3 is 2.83 bits per heavy atom. The second kappa shape index (κ2) is 7.98. The maximum Gasteiger partial charge on any atom is 0.433 e. The van der Waals surface area contributed by atoms with Crippen LogP contribution in [0.4, 0.5) is 5.88 Å². The van der Waals surface area contributed by atoms with E-state index in [0.29, 0.717) is 24.6 Å². The van der Waals surface area contributed by atoms with Gasteiger partial charge in [0.2, 0.25) is 5.76 Å². The number of nitrogens with zero attached hydrogens (tertiary/aromatic N) is 3. The lowest BCUT2D eigenvalue weighted by atomic mass is 10.1. The molecule has 0 aliphatic carbocycles. The molecule has 8 nitrogen and oxygen atoms in total. The predicted molar refractivity (Wildman–Crippen MR) is 109 cm³/mol. The van der Waals surface area contributed by atoms with Crippen molar-refractivity contribution in [2.75, 3.05) is 13.2 Å². The standard InChI is InChI=1S/C20H17N3O5S/c1-2-27-12-11-22-15-8-7-13-5-3-4-6-14(13)18(15)29-20(22)21-19(24)16-9-10-17(28-16)23(25)26/h3-10H,2,11-12H2,1H3. The minimum atomic E-state index is -0.690. The van der Waals surface area contributed by atoms with Crippen molar-refractivity contribution in [3.05, 3.63) is 69.2 Å². The van der Waals surface area contributed by atoms with Crippen LogP contribution < -0.4 is 4.80 Å². The number of fused-ring (bicyclic) bond motifs is 3. The van der Waals surface area contributed by atoms with Crippen molar-refractivity contribution in [1.82, 2.24) is 4.57 Å². The van der Waals surface area contributed by atoms with Crippen LogP contribution in [0.2, 0.25) is 0 Å². The molecular formula is C20H17N3O5S. The summed E-state index contributed by atoms with van der Waals surface area (Å²) in [6.07, 6.45) is 0. The average Bonchev–Trinajstić information content (AvgIpc) is 3.34. The predicted octanol–water partition coefficient (Wildman–Crippen LogP) is 4.13. The van der Waals surface area contributed by atoms with Gasteiger partial charge in [-0.05, 0) is 24.4 Å². The number of thiazole rings is 1. The number of carbonyl (C=O) groups excluding carboxylic acids is 1. The van der Waals surface area contributed by atoms with Gasteiger partial charge in [-0.1, -0.05) is 41.7 Å². The second-order valence-corrected chi connectivity index (χ2v) is 7.16. The molecule has 1 amide bonds. The molecule has 0 fully saturated rings. The molecule has 0 spiro atoms. The lowest BCUT2D eigenvalue weighted by molar-refractivity contribution is -0.402. The molecule has 0 aliphatic rings. The Morgan fingerprint density at radius 1 is 1.24 bits per heavy atom. The minimum absolute atomic E-state index is 0.171. The van der Waals surface area contributed by atoms with Gasteiger partial charge in [-0.15, -0.1) is 0 Å². The number of hydrogen-bond acceptors (Lipinski definition) is 6. The molecule has 4 rings (SSSR count). The topological polar surface area (TPSA) is 99.9 Å². The number of carbonyl (C=O) groups is 1. The van der Waals surface area contributed by atoms with E-state index in [2.05, 4.69) is 4.99 Å². The highest BCUT2D eigenvalue weighted by molar-refractivity contribution is 7.17. The fourth-order valence-corrected chi connectivity index (χ4v) is 4.27. The van der Waals surface area contributed by atoms with Gasteiger partial charge in [0, 0.05) is 18.5 Å². The molecule has 0 saturated carbocycles. The lowest BCUT2D eigenvalue weighted by Crippen LogP contribution is -2.19. The molecule has 0 N–H and O–H groups in total. The van der Waals surface area contributed by atoms with Gasteiger partial charge in [-0.25, -0.2) is 0 Å². The normalized spacial score (nSPS) is 12.1. The number of aromatic nitrogens is 1. The van der Waals surface area contributed by atoms with Crippen LogP contribution >= 0.6 is 11.3 Å². The van der Waals surface area contributed by atoms with Crippen molar-refractivity contribution in [2.24, 2.45) is 4.99 Å². The molecular weight excluding hydrogens is 394 g/mol. The van der Waals surface area contributed by atoms with Crippen LogP contribution in [-0.2, 0) is 11.3 Å². The Bertz CT molecular complexity index is 1280. The molecule has 4 aromatic rings. The number of amides is 1. The van der Waals surface area contributed by atoms with E-state index in [-0.39, 0.29) is 5.76 Å². The molecule has 2 aromatic heterocycles. The summed E-state index contributed by atoms with van der Waals surface area (Å²) in [6.45, 7) is 3.51. The van der Waals surface area contributed by atoms with E-state index in [1.807, 2.05) is 47.9 Å². The molecule has 0 aliphatic heterocycles. The molecule has 29 heavy (non-hydrogen) atoms. The van der Waals surface area contributed by atoms with Crippen molar-refractivity contribution >= 4 is 44.1 Å². The van der Waals surface area contributed by atoms with Crippen LogP contribution in [0, 0.1) is 10.1 Å². The van der Waals surface area contributed by atoms with Gasteiger partial charge in [0.25, 0.3) is 0 Å². The van der Waals surface area contributed by atoms with Gasteiger partial charge in [0.15, 0.2) is 4.80 Å². The van der Waals surface area contributed by atoms with E-state index in [0.717, 1.165) is 27.1 Å². The summed E-state index contributed by atoms with van der Waals surface area (Å²) in [5, 5.41) is 13.0. The molecule has 9 heteroatoms. The van der Waals surface area contributed by atoms with Gasteiger partial charge in [-0.2, -0.15) is 4.99 Å². The van der Waals surface area contributed by atoms with Crippen molar-refractivity contribution in [2.45, 2.75) is 13.5 Å². The largest absolute Gasteiger partial charge is 0.433 e. The van der Waals surface area contributed by atoms with Gasteiger partial charge in [-0.3, -0.25) is 14.9 Å². The van der Waals surface area contributed by atoms with Crippen molar-refractivity contribution in [3.8, 4) is 0 Å². The zero-order valence-corrected chi connectivity index (χ0v) is 16.3. The van der Waals surface area contributed by atoms with E-state index in [9.17, 15) is 14.9 Å². The first-order valence-electron chi connectivity index (χ1n) is 9.00. The molecule has 2 heterocycles. The first-order valence-corrected chi connectivity index (χ1v) is 9.82. The summed E-state index contributed by atoms with van der Waals surface area (Å²) in [6, 6.07) is 14.4. The Kier molecular flexibility index (Phi) is 5.24. The molecule has 0 unspecified atom stereocenters. The Hall–Kier alpha value is -3.30. The molecule has 0 saturated heterocycles. The van der Waals surface area contributed by atoms with Crippen LogP contribution in [0.5, 0.6) is 0 Å². The number of furan rings is 1. The Labute approximate surface area is 168 Å². The van der Waals surface area contributed by atoms with Gasteiger partial charge in [0.1, 0.15) is 4.92 Å². The average molecular weight is 411 g/mol. The lowest BCUT2D eigenvalue weighted by Gasteiger charge is -2.06. The number of benzene rings is 2. The van der Waals surface area contributed by atoms with Crippen LogP contribution in [0.25, 0.3) is 21.0 Å². The van der Waals surface area contributed by atoms with Crippen molar-refractivity contribution < 1.29 is 18.9 Å². The molecule has 148 valence electrons. The smallest absolute Gasteiger partial charge is 0.395 e. The van der Waals surface area contributed by atoms with E-state index in [1.54, 1.807) is 0 Å². The Balaban J connectivity index is 1.85. The zero-order valence-electron chi connectivity index (χ0n) is 15.5. The molecule has 0 bridgehead atoms. The van der Waals surface area contributed by atoms with Crippen LogP contribution in [0.15, 0.2) is 57.9 Å². The maximum absolute atomic E-state index is 12.6. The third-order valence-corrected chi connectivity index (χ3v) is 5.54. The third-order valence-electron chi connectivity index (χ3n) is 4.42. The SMILES string of the molecule is CCOCCn1c(=NC(=O)c2ccc([N+](=O)[O-])o2)sc2c3ccccc3ccc21. The third kappa shape index (κ3) is 3.69. The number of nitro groups is 1. The first kappa shape index (κ1) is 19.0. The summed E-state index contributed by atoms with van der Waals surface area (Å²) in [5.74, 6) is -1.33. The van der Waals surface area contributed by atoms with Crippen LogP contribution in [0.1, 0.15) is 17.5 Å². The number of hydrogen-bond donors (Lipinski definition) is 0. The van der Waals surface area contributed by atoms with E-state index >= 15 is 0 Å². The number of rotatable bonds is 6. The van der Waals surface area contributed by atoms with E-state index in [1.165, 1.54) is 17.4 Å². The van der Waals surface area contributed by atoms with Crippen LogP contribution in [0.3, 0.4) is 0 Å². The second-order valence-electron chi connectivity index (χ2n) is 6.18. The highest BCUT2D eigenvalue weighted by Gasteiger charge is 2.18. The first-order chi connectivity index (χ1) is 14.1. The number of ether oxygens (including phenoxy) is 1. The fraction of sp³-hybridized carbons (Fsp3) is 0.200. The zero-order chi connectivity index (χ0) is 20.4. The van der Waals surface area contributed by atoms with Gasteiger partial charge in [0.05, 0.1) is 22.9 Å². The highest BCUT2D eigenvalue weighted by atomic mass is 32.1. The molecule has 0 radical (unpaired) electrons. The van der Waals surface area contributed by atoms with E-state index < -0.39 is 16.7 Å². The summed E-state index contributed by atoms with van der Waals surface area (Å²) in [7, 11) is 0. The minimum Gasteiger partial charge on any atom is -0.395 e. The summed E-state index contributed by atoms with van der Waals surface area (Å²) < 4.78 is 13.4. The van der Waals surface area contributed by atoms with Crippen LogP contribution in [-0.4, -0.2) is 28.6 Å². The summed E-state index contributed by atoms with van der Waals surface area (Å²) in [4.78, 5) is 27.3. The Morgan fingerprint density at radius 2 is 2.07 bits per heavy atom. The summed E-state index contributed by atoms with van der Waals surface area (Å²) >= 11 is 1.39. The highest BCUT2D eigenvalue weighted by Crippen LogP contribution is 2.27. The van der Waals surface area contributed by atoms with Crippen molar-refractivity contribution in [1.29, 1.82) is 0 Å². The van der Waals surface area contributed by atoms with Crippen molar-refractivity contribution in [3.63, 3.8) is 0 Å². The monoisotopic (exact) mass is 411 g/mol. The van der Waals surface area contributed by atoms with E-state index in [4.69, 9.17) is 9.15 Å². The fourth-order valence-electron chi connectivity index (χ4n) is 3.08. The summed E-state index contributed by atoms with van der Waals surface area (Å²) in [5.41, 5.74) is 0.949. The quantitative estimate of drug-likeness (QED) is 0.270. The van der Waals surface area contributed by atoms with Gasteiger partial charge >= 0.3 is 11.8 Å². The molecule has 0 atom stereocenters.